The van der Waals surface area contributed by atoms with Crippen molar-refractivity contribution in [2.75, 3.05) is 36.5 Å². The molecule has 4 nitrogen and oxygen atoms in total. The SMILES string of the molecule is CN(CCNC(=O)C1(O)CCSCC1)c1ccccc1. The van der Waals surface area contributed by atoms with E-state index in [-0.39, 0.29) is 5.91 Å². The molecule has 1 aliphatic rings. The Balaban J connectivity index is 1.76. The molecule has 1 aromatic carbocycles. The van der Waals surface area contributed by atoms with Gasteiger partial charge in [-0.2, -0.15) is 11.8 Å². The van der Waals surface area contributed by atoms with Gasteiger partial charge in [0, 0.05) is 25.8 Å². The largest absolute Gasteiger partial charge is 0.380 e. The Morgan fingerprint density at radius 2 is 2.00 bits per heavy atom. The van der Waals surface area contributed by atoms with E-state index in [1.54, 1.807) is 11.8 Å². The van der Waals surface area contributed by atoms with Crippen LogP contribution in [0.3, 0.4) is 0 Å². The molecule has 0 radical (unpaired) electrons. The lowest BCUT2D eigenvalue weighted by molar-refractivity contribution is -0.140. The molecule has 20 heavy (non-hydrogen) atoms. The maximum atomic E-state index is 12.0. The minimum absolute atomic E-state index is 0.223. The number of hydrogen-bond donors (Lipinski definition) is 2. The molecule has 1 amide bonds. The van der Waals surface area contributed by atoms with Crippen molar-refractivity contribution in [2.45, 2.75) is 18.4 Å². The Bertz CT molecular complexity index is 433. The van der Waals surface area contributed by atoms with E-state index < -0.39 is 5.60 Å². The molecule has 1 fully saturated rings. The van der Waals surface area contributed by atoms with Gasteiger partial charge in [-0.1, -0.05) is 18.2 Å². The number of para-hydroxylation sites is 1. The quantitative estimate of drug-likeness (QED) is 0.864. The minimum Gasteiger partial charge on any atom is -0.380 e. The first kappa shape index (κ1) is 15.2. The molecule has 5 heteroatoms. The van der Waals surface area contributed by atoms with E-state index in [0.29, 0.717) is 19.4 Å². The molecule has 0 aliphatic carbocycles. The predicted molar refractivity (Wildman–Crippen MR) is 84.2 cm³/mol. The van der Waals surface area contributed by atoms with Gasteiger partial charge in [-0.15, -0.1) is 0 Å². The van der Waals surface area contributed by atoms with Gasteiger partial charge >= 0.3 is 0 Å². The van der Waals surface area contributed by atoms with Gasteiger partial charge in [0.2, 0.25) is 0 Å². The van der Waals surface area contributed by atoms with E-state index in [0.717, 1.165) is 23.7 Å². The second kappa shape index (κ2) is 6.99. The number of aliphatic hydroxyl groups is 1. The summed E-state index contributed by atoms with van der Waals surface area (Å²) in [6.45, 7) is 1.26. The van der Waals surface area contributed by atoms with Gasteiger partial charge < -0.3 is 15.3 Å². The summed E-state index contributed by atoms with van der Waals surface area (Å²) >= 11 is 1.79. The molecule has 2 rings (SSSR count). The number of carbonyl (C=O) groups is 1. The third kappa shape index (κ3) is 3.90. The van der Waals surface area contributed by atoms with Gasteiger partial charge in [0.1, 0.15) is 5.60 Å². The molecule has 0 bridgehead atoms. The van der Waals surface area contributed by atoms with Crippen molar-refractivity contribution in [1.82, 2.24) is 5.32 Å². The Labute approximate surface area is 124 Å². The number of thioether (sulfide) groups is 1. The Morgan fingerprint density at radius 1 is 1.35 bits per heavy atom. The summed E-state index contributed by atoms with van der Waals surface area (Å²) < 4.78 is 0. The zero-order chi connectivity index (χ0) is 14.4. The van der Waals surface area contributed by atoms with Crippen LogP contribution in [0.25, 0.3) is 0 Å². The number of rotatable bonds is 5. The monoisotopic (exact) mass is 294 g/mol. The number of benzene rings is 1. The van der Waals surface area contributed by atoms with Crippen LogP contribution in [-0.4, -0.2) is 48.3 Å². The molecule has 1 aromatic rings. The number of likely N-dealkylation sites (N-methyl/N-ethyl adjacent to an activating group) is 1. The van der Waals surface area contributed by atoms with Gasteiger partial charge in [-0.3, -0.25) is 4.79 Å². The third-order valence-corrected chi connectivity index (χ3v) is 4.66. The normalized spacial score (nSPS) is 17.5. The van der Waals surface area contributed by atoms with Gasteiger partial charge in [-0.25, -0.2) is 0 Å². The molecular formula is C15H22N2O2S. The summed E-state index contributed by atoms with van der Waals surface area (Å²) in [7, 11) is 1.99. The summed E-state index contributed by atoms with van der Waals surface area (Å²) in [6, 6.07) is 10.0. The number of carbonyl (C=O) groups excluding carboxylic acids is 1. The fourth-order valence-corrected chi connectivity index (χ4v) is 3.42. The van der Waals surface area contributed by atoms with E-state index in [4.69, 9.17) is 0 Å². The smallest absolute Gasteiger partial charge is 0.252 e. The molecule has 0 aromatic heterocycles. The number of nitrogens with zero attached hydrogens (tertiary/aromatic N) is 1. The van der Waals surface area contributed by atoms with Crippen LogP contribution < -0.4 is 10.2 Å². The number of amides is 1. The summed E-state index contributed by atoms with van der Waals surface area (Å²) in [5, 5.41) is 13.1. The molecule has 1 heterocycles. The summed E-state index contributed by atoms with van der Waals surface area (Å²) in [5.41, 5.74) is -0.0362. The predicted octanol–water partition coefficient (Wildman–Crippen LogP) is 1.50. The molecule has 110 valence electrons. The molecule has 0 unspecified atom stereocenters. The highest BCUT2D eigenvalue weighted by Gasteiger charge is 2.36. The molecule has 1 aliphatic heterocycles. The molecule has 0 atom stereocenters. The number of anilines is 1. The van der Waals surface area contributed by atoms with Crippen molar-refractivity contribution in [3.05, 3.63) is 30.3 Å². The van der Waals surface area contributed by atoms with Crippen LogP contribution in [0, 0.1) is 0 Å². The molecular weight excluding hydrogens is 272 g/mol. The van der Waals surface area contributed by atoms with Crippen molar-refractivity contribution < 1.29 is 9.90 Å². The van der Waals surface area contributed by atoms with E-state index in [1.165, 1.54) is 0 Å². The first-order valence-electron chi connectivity index (χ1n) is 6.96. The lowest BCUT2D eigenvalue weighted by Gasteiger charge is -2.30. The fourth-order valence-electron chi connectivity index (χ4n) is 2.25. The molecule has 0 saturated carbocycles. The van der Waals surface area contributed by atoms with Crippen LogP contribution >= 0.6 is 11.8 Å². The second-order valence-electron chi connectivity index (χ2n) is 5.16. The van der Waals surface area contributed by atoms with Crippen molar-refractivity contribution in [1.29, 1.82) is 0 Å². The zero-order valence-electron chi connectivity index (χ0n) is 11.8. The lowest BCUT2D eigenvalue weighted by atomic mass is 9.96. The van der Waals surface area contributed by atoms with Crippen LogP contribution in [-0.2, 0) is 4.79 Å². The summed E-state index contributed by atoms with van der Waals surface area (Å²) in [6.07, 6.45) is 1.11. The zero-order valence-corrected chi connectivity index (χ0v) is 12.7. The maximum absolute atomic E-state index is 12.0. The Hall–Kier alpha value is -1.20. The number of hydrogen-bond acceptors (Lipinski definition) is 4. The van der Waals surface area contributed by atoms with Crippen LogP contribution in [0.1, 0.15) is 12.8 Å². The highest BCUT2D eigenvalue weighted by atomic mass is 32.2. The van der Waals surface area contributed by atoms with Crippen molar-refractivity contribution in [3.63, 3.8) is 0 Å². The summed E-state index contributed by atoms with van der Waals surface area (Å²) in [4.78, 5) is 14.1. The van der Waals surface area contributed by atoms with Crippen LogP contribution in [0.5, 0.6) is 0 Å². The van der Waals surface area contributed by atoms with Gasteiger partial charge in [0.05, 0.1) is 0 Å². The summed E-state index contributed by atoms with van der Waals surface area (Å²) in [5.74, 6) is 1.49. The average molecular weight is 294 g/mol. The average Bonchev–Trinajstić information content (AvgIpc) is 2.48. The fraction of sp³-hybridized carbons (Fsp3) is 0.533. The van der Waals surface area contributed by atoms with Crippen LogP contribution in [0.4, 0.5) is 5.69 Å². The molecule has 0 spiro atoms. The van der Waals surface area contributed by atoms with Gasteiger partial charge in [0.15, 0.2) is 0 Å². The van der Waals surface area contributed by atoms with Crippen molar-refractivity contribution >= 4 is 23.4 Å². The van der Waals surface area contributed by atoms with E-state index >= 15 is 0 Å². The van der Waals surface area contributed by atoms with Crippen LogP contribution in [0.15, 0.2) is 30.3 Å². The maximum Gasteiger partial charge on any atom is 0.252 e. The third-order valence-electron chi connectivity index (χ3n) is 3.67. The highest BCUT2D eigenvalue weighted by molar-refractivity contribution is 7.99. The van der Waals surface area contributed by atoms with Crippen molar-refractivity contribution in [2.24, 2.45) is 0 Å². The lowest BCUT2D eigenvalue weighted by Crippen LogP contribution is -2.50. The van der Waals surface area contributed by atoms with E-state index in [9.17, 15) is 9.90 Å². The molecule has 1 saturated heterocycles. The minimum atomic E-state index is -1.16. The molecule has 2 N–H and O–H groups in total. The van der Waals surface area contributed by atoms with E-state index in [2.05, 4.69) is 10.2 Å². The Morgan fingerprint density at radius 3 is 2.65 bits per heavy atom. The second-order valence-corrected chi connectivity index (χ2v) is 6.38. The van der Waals surface area contributed by atoms with Crippen molar-refractivity contribution in [3.8, 4) is 0 Å². The highest BCUT2D eigenvalue weighted by Crippen LogP contribution is 2.26. The van der Waals surface area contributed by atoms with Gasteiger partial charge in [0.25, 0.3) is 5.91 Å². The van der Waals surface area contributed by atoms with Crippen LogP contribution in [0.2, 0.25) is 0 Å². The van der Waals surface area contributed by atoms with E-state index in [1.807, 2.05) is 37.4 Å². The Kier molecular flexibility index (Phi) is 5.31. The standard InChI is InChI=1S/C15H22N2O2S/c1-17(13-5-3-2-4-6-13)10-9-16-14(18)15(19)7-11-20-12-8-15/h2-6,19H,7-12H2,1H3,(H,16,18). The first-order chi connectivity index (χ1) is 9.62. The topological polar surface area (TPSA) is 52.6 Å². The van der Waals surface area contributed by atoms with Gasteiger partial charge in [-0.05, 0) is 36.5 Å². The number of nitrogens with one attached hydrogen (secondary N) is 1. The first-order valence-corrected chi connectivity index (χ1v) is 8.12.